The number of phenolic OH excluding ortho intramolecular Hbond substituents is 1. The van der Waals surface area contributed by atoms with E-state index in [4.69, 9.17) is 17.3 Å². The van der Waals surface area contributed by atoms with E-state index in [9.17, 15) is 9.90 Å². The van der Waals surface area contributed by atoms with Crippen molar-refractivity contribution in [1.82, 2.24) is 0 Å². The smallest absolute Gasteiger partial charge is 0.241 e. The summed E-state index contributed by atoms with van der Waals surface area (Å²) in [5.41, 5.74) is 8.27. The maximum Gasteiger partial charge on any atom is 0.241 e. The molecular weight excluding hydrogens is 288 g/mol. The molecule has 0 bridgehead atoms. The molecule has 0 saturated carbocycles. The molecule has 2 aromatic rings. The van der Waals surface area contributed by atoms with Crippen LogP contribution in [-0.2, 0) is 11.2 Å². The molecule has 5 heteroatoms. The van der Waals surface area contributed by atoms with Gasteiger partial charge in [0.2, 0.25) is 5.91 Å². The van der Waals surface area contributed by atoms with E-state index in [-0.39, 0.29) is 11.7 Å². The molecule has 0 saturated heterocycles. The molecule has 0 radical (unpaired) electrons. The van der Waals surface area contributed by atoms with Crippen LogP contribution in [0, 0.1) is 6.92 Å². The minimum absolute atomic E-state index is 0.186. The Hall–Kier alpha value is -2.04. The molecule has 1 unspecified atom stereocenters. The van der Waals surface area contributed by atoms with E-state index in [2.05, 4.69) is 5.32 Å². The fourth-order valence-electron chi connectivity index (χ4n) is 1.95. The molecule has 0 aliphatic heterocycles. The standard InChI is InChI=1S/C16H17ClN2O2/c1-10-13(17)3-2-4-15(10)19-16(21)14(18)9-11-5-7-12(20)8-6-11/h2-8,14,20H,9,18H2,1H3,(H,19,21). The third kappa shape index (κ3) is 3.97. The fraction of sp³-hybridized carbons (Fsp3) is 0.188. The quantitative estimate of drug-likeness (QED) is 0.813. The number of phenols is 1. The summed E-state index contributed by atoms with van der Waals surface area (Å²) in [6.07, 6.45) is 0.395. The lowest BCUT2D eigenvalue weighted by Crippen LogP contribution is -2.37. The van der Waals surface area contributed by atoms with E-state index in [0.717, 1.165) is 11.1 Å². The van der Waals surface area contributed by atoms with Gasteiger partial charge in [-0.15, -0.1) is 0 Å². The number of nitrogens with two attached hydrogens (primary N) is 1. The number of carbonyl (C=O) groups is 1. The molecule has 0 aliphatic carbocycles. The number of amides is 1. The minimum atomic E-state index is -0.673. The highest BCUT2D eigenvalue weighted by molar-refractivity contribution is 6.31. The van der Waals surface area contributed by atoms with E-state index >= 15 is 0 Å². The summed E-state index contributed by atoms with van der Waals surface area (Å²) >= 11 is 6.02. The van der Waals surface area contributed by atoms with Crippen LogP contribution in [0.25, 0.3) is 0 Å². The number of aromatic hydroxyl groups is 1. The summed E-state index contributed by atoms with van der Waals surface area (Å²) in [5, 5.41) is 12.6. The van der Waals surface area contributed by atoms with E-state index in [1.165, 1.54) is 0 Å². The minimum Gasteiger partial charge on any atom is -0.508 e. The zero-order valence-corrected chi connectivity index (χ0v) is 12.4. The van der Waals surface area contributed by atoms with Crippen LogP contribution in [0.3, 0.4) is 0 Å². The predicted molar refractivity (Wildman–Crippen MR) is 84.6 cm³/mol. The lowest BCUT2D eigenvalue weighted by Gasteiger charge is -2.14. The Labute approximate surface area is 128 Å². The van der Waals surface area contributed by atoms with Gasteiger partial charge in [0.15, 0.2) is 0 Å². The van der Waals surface area contributed by atoms with Crippen LogP contribution in [0.15, 0.2) is 42.5 Å². The Morgan fingerprint density at radius 2 is 1.95 bits per heavy atom. The molecule has 21 heavy (non-hydrogen) atoms. The van der Waals surface area contributed by atoms with Crippen molar-refractivity contribution >= 4 is 23.2 Å². The summed E-state index contributed by atoms with van der Waals surface area (Å²) in [7, 11) is 0. The van der Waals surface area contributed by atoms with Gasteiger partial charge in [0.25, 0.3) is 0 Å². The average Bonchev–Trinajstić information content (AvgIpc) is 2.46. The number of anilines is 1. The zero-order chi connectivity index (χ0) is 15.4. The zero-order valence-electron chi connectivity index (χ0n) is 11.6. The highest BCUT2D eigenvalue weighted by atomic mass is 35.5. The summed E-state index contributed by atoms with van der Waals surface area (Å²) < 4.78 is 0. The lowest BCUT2D eigenvalue weighted by atomic mass is 10.1. The van der Waals surface area contributed by atoms with Crippen molar-refractivity contribution in [2.75, 3.05) is 5.32 Å². The normalized spacial score (nSPS) is 12.0. The summed E-state index contributed by atoms with van der Waals surface area (Å²) in [4.78, 5) is 12.1. The van der Waals surface area contributed by atoms with Gasteiger partial charge in [0.05, 0.1) is 6.04 Å². The molecule has 0 fully saturated rings. The van der Waals surface area contributed by atoms with Crippen molar-refractivity contribution in [3.05, 3.63) is 58.6 Å². The monoisotopic (exact) mass is 304 g/mol. The first-order chi connectivity index (χ1) is 9.97. The fourth-order valence-corrected chi connectivity index (χ4v) is 2.12. The van der Waals surface area contributed by atoms with Crippen molar-refractivity contribution in [1.29, 1.82) is 0 Å². The third-order valence-corrected chi connectivity index (χ3v) is 3.66. The topological polar surface area (TPSA) is 75.4 Å². The highest BCUT2D eigenvalue weighted by Crippen LogP contribution is 2.23. The SMILES string of the molecule is Cc1c(Cl)cccc1NC(=O)C(N)Cc1ccc(O)cc1. The van der Waals surface area contributed by atoms with Gasteiger partial charge in [-0.25, -0.2) is 0 Å². The largest absolute Gasteiger partial charge is 0.508 e. The third-order valence-electron chi connectivity index (χ3n) is 3.25. The Balaban J connectivity index is 2.02. The van der Waals surface area contributed by atoms with Crippen molar-refractivity contribution in [3.8, 4) is 5.75 Å². The predicted octanol–water partition coefficient (Wildman–Crippen LogP) is 2.86. The molecule has 2 rings (SSSR count). The Bertz CT molecular complexity index is 641. The molecule has 2 aromatic carbocycles. The molecule has 4 nitrogen and oxygen atoms in total. The van der Waals surface area contributed by atoms with Gasteiger partial charge in [-0.1, -0.05) is 29.8 Å². The first-order valence-electron chi connectivity index (χ1n) is 6.57. The van der Waals surface area contributed by atoms with E-state index in [1.807, 2.05) is 6.92 Å². The summed E-state index contributed by atoms with van der Waals surface area (Å²) in [5.74, 6) is -0.0835. The summed E-state index contributed by atoms with van der Waals surface area (Å²) in [6.45, 7) is 1.84. The molecule has 4 N–H and O–H groups in total. The molecule has 0 heterocycles. The van der Waals surface area contributed by atoms with Crippen LogP contribution in [0.2, 0.25) is 5.02 Å². The molecule has 0 aromatic heterocycles. The van der Waals surface area contributed by atoms with E-state index < -0.39 is 6.04 Å². The number of hydrogen-bond acceptors (Lipinski definition) is 3. The van der Waals surface area contributed by atoms with Crippen LogP contribution in [0.5, 0.6) is 5.75 Å². The van der Waals surface area contributed by atoms with Gasteiger partial charge >= 0.3 is 0 Å². The van der Waals surface area contributed by atoms with Crippen LogP contribution in [-0.4, -0.2) is 17.1 Å². The van der Waals surface area contributed by atoms with Crippen LogP contribution >= 0.6 is 11.6 Å². The maximum atomic E-state index is 12.1. The molecule has 110 valence electrons. The summed E-state index contributed by atoms with van der Waals surface area (Å²) in [6, 6.07) is 11.3. The van der Waals surface area contributed by atoms with Crippen LogP contribution < -0.4 is 11.1 Å². The number of hydrogen-bond donors (Lipinski definition) is 3. The van der Waals surface area contributed by atoms with Crippen LogP contribution in [0.1, 0.15) is 11.1 Å². The van der Waals surface area contributed by atoms with Gasteiger partial charge in [-0.05, 0) is 48.7 Å². The van der Waals surface area contributed by atoms with Gasteiger partial charge in [0.1, 0.15) is 5.75 Å². The number of halogens is 1. The molecule has 0 spiro atoms. The van der Waals surface area contributed by atoms with E-state index in [0.29, 0.717) is 17.1 Å². The second kappa shape index (κ2) is 6.61. The second-order valence-corrected chi connectivity index (χ2v) is 5.29. The second-order valence-electron chi connectivity index (χ2n) is 4.88. The Morgan fingerprint density at radius 1 is 1.29 bits per heavy atom. The highest BCUT2D eigenvalue weighted by Gasteiger charge is 2.15. The molecule has 1 atom stereocenters. The number of benzene rings is 2. The van der Waals surface area contributed by atoms with Crippen molar-refractivity contribution in [3.63, 3.8) is 0 Å². The number of nitrogens with one attached hydrogen (secondary N) is 1. The Kier molecular flexibility index (Phi) is 4.83. The van der Waals surface area contributed by atoms with Gasteiger partial charge < -0.3 is 16.2 Å². The van der Waals surface area contributed by atoms with Crippen LogP contribution in [0.4, 0.5) is 5.69 Å². The first kappa shape index (κ1) is 15.4. The lowest BCUT2D eigenvalue weighted by molar-refractivity contribution is -0.117. The van der Waals surface area contributed by atoms with Gasteiger partial charge in [0, 0.05) is 10.7 Å². The number of carbonyl (C=O) groups excluding carboxylic acids is 1. The molecule has 0 aliphatic rings. The first-order valence-corrected chi connectivity index (χ1v) is 6.94. The van der Waals surface area contributed by atoms with Crippen molar-refractivity contribution in [2.24, 2.45) is 5.73 Å². The number of rotatable bonds is 4. The Morgan fingerprint density at radius 3 is 2.62 bits per heavy atom. The molecular formula is C16H17ClN2O2. The average molecular weight is 305 g/mol. The molecule has 1 amide bonds. The van der Waals surface area contributed by atoms with Crippen molar-refractivity contribution < 1.29 is 9.90 Å². The van der Waals surface area contributed by atoms with Crippen molar-refractivity contribution in [2.45, 2.75) is 19.4 Å². The van der Waals surface area contributed by atoms with Gasteiger partial charge in [-0.3, -0.25) is 4.79 Å². The van der Waals surface area contributed by atoms with Gasteiger partial charge in [-0.2, -0.15) is 0 Å². The maximum absolute atomic E-state index is 12.1. The van der Waals surface area contributed by atoms with E-state index in [1.54, 1.807) is 42.5 Å².